The molecule has 0 radical (unpaired) electrons. The van der Waals surface area contributed by atoms with Gasteiger partial charge in [0.05, 0.1) is 11.1 Å². The minimum absolute atomic E-state index is 0.302. The van der Waals surface area contributed by atoms with E-state index in [1.807, 2.05) is 0 Å². The second-order valence-electron chi connectivity index (χ2n) is 6.34. The molecule has 0 aliphatic heterocycles. The van der Waals surface area contributed by atoms with Gasteiger partial charge in [-0.05, 0) is 45.0 Å². The van der Waals surface area contributed by atoms with Gasteiger partial charge < -0.3 is 0 Å². The summed E-state index contributed by atoms with van der Waals surface area (Å²) in [5.41, 5.74) is -0.372. The fourth-order valence-electron chi connectivity index (χ4n) is 2.54. The molecule has 0 fully saturated rings. The molecule has 0 saturated carbocycles. The van der Waals surface area contributed by atoms with E-state index in [2.05, 4.69) is 5.10 Å². The van der Waals surface area contributed by atoms with Crippen LogP contribution in [0.2, 0.25) is 0 Å². The third kappa shape index (κ3) is 2.95. The highest BCUT2D eigenvalue weighted by Crippen LogP contribution is 2.32. The third-order valence-corrected chi connectivity index (χ3v) is 3.79. The van der Waals surface area contributed by atoms with Crippen LogP contribution in [0.25, 0.3) is 0 Å². The van der Waals surface area contributed by atoms with Gasteiger partial charge in [-0.1, -0.05) is 41.0 Å². The molecule has 0 aliphatic carbocycles. The number of quaternary nitrogens is 1. The molecule has 0 aromatic heterocycles. The van der Waals surface area contributed by atoms with E-state index < -0.39 is 21.9 Å². The fourth-order valence-corrected chi connectivity index (χ4v) is 2.54. The van der Waals surface area contributed by atoms with E-state index in [1.165, 1.54) is 6.08 Å². The van der Waals surface area contributed by atoms with Crippen LogP contribution in [0.5, 0.6) is 0 Å². The topological polar surface area (TPSA) is 63.6 Å². The van der Waals surface area contributed by atoms with Crippen molar-refractivity contribution in [2.24, 2.45) is 5.10 Å². The Morgan fingerprint density at radius 3 is 1.50 bits per heavy atom. The maximum absolute atomic E-state index is 13.2. The second kappa shape index (κ2) is 6.71. The lowest BCUT2D eigenvalue weighted by Gasteiger charge is -2.36. The van der Waals surface area contributed by atoms with Crippen molar-refractivity contribution in [3.8, 4) is 0 Å². The maximum Gasteiger partial charge on any atom is 0.381 e. The smallest absolute Gasteiger partial charge is 0.222 e. The van der Waals surface area contributed by atoms with Crippen LogP contribution in [0.15, 0.2) is 65.8 Å². The maximum atomic E-state index is 13.2. The summed E-state index contributed by atoms with van der Waals surface area (Å²) in [6.45, 7) is 5.07. The lowest BCUT2D eigenvalue weighted by molar-refractivity contribution is -0.823. The number of isocyanates is 1. The van der Waals surface area contributed by atoms with Crippen LogP contribution >= 0.6 is 0 Å². The Labute approximate surface area is 140 Å². The van der Waals surface area contributed by atoms with Crippen LogP contribution in [0.1, 0.15) is 41.5 Å². The molecule has 2 aromatic carbocycles. The predicted molar refractivity (Wildman–Crippen MR) is 89.7 cm³/mol. The second-order valence-corrected chi connectivity index (χ2v) is 6.34. The van der Waals surface area contributed by atoms with Crippen molar-refractivity contribution in [2.75, 3.05) is 0 Å². The number of carbonyl (C=O) groups is 2. The van der Waals surface area contributed by atoms with Gasteiger partial charge in [-0.2, -0.15) is 0 Å². The standard InChI is InChI=1S/C19H19N2O3/c1-19(2,3)21(20-14-22,17(23)15-10-6-4-7-11-15)18(24)16-12-8-5-9-13-16/h4-13H,1-3H3/q+1. The van der Waals surface area contributed by atoms with Crippen LogP contribution in [0.4, 0.5) is 0 Å². The number of hydrogen-bond acceptors (Lipinski definition) is 4. The van der Waals surface area contributed by atoms with Crippen LogP contribution in [0, 0.1) is 0 Å². The van der Waals surface area contributed by atoms with Crippen molar-refractivity contribution < 1.29 is 19.0 Å². The van der Waals surface area contributed by atoms with Crippen molar-refractivity contribution >= 4 is 17.9 Å². The van der Waals surface area contributed by atoms with Crippen LogP contribution < -0.4 is 0 Å². The van der Waals surface area contributed by atoms with Gasteiger partial charge in [-0.3, -0.25) is 0 Å². The molecule has 2 aromatic rings. The normalized spacial score (nSPS) is 11.5. The number of hydrogen-bond donors (Lipinski definition) is 0. The summed E-state index contributed by atoms with van der Waals surface area (Å²) in [6.07, 6.45) is 1.42. The Morgan fingerprint density at radius 1 is 0.833 bits per heavy atom. The van der Waals surface area contributed by atoms with Gasteiger partial charge in [0.25, 0.3) is 6.08 Å². The fraction of sp³-hybridized carbons (Fsp3) is 0.211. The van der Waals surface area contributed by atoms with E-state index in [4.69, 9.17) is 0 Å². The summed E-state index contributed by atoms with van der Waals surface area (Å²) in [6, 6.07) is 16.7. The summed E-state index contributed by atoms with van der Waals surface area (Å²) in [5.74, 6) is -1.14. The minimum Gasteiger partial charge on any atom is -0.222 e. The first kappa shape index (κ1) is 17.5. The molecule has 5 heteroatoms. The summed E-state index contributed by atoms with van der Waals surface area (Å²) in [5, 5.41) is 3.71. The van der Waals surface area contributed by atoms with Crippen LogP contribution in [-0.4, -0.2) is 28.0 Å². The molecule has 0 spiro atoms. The number of amides is 2. The summed E-state index contributed by atoms with van der Waals surface area (Å²) in [4.78, 5) is 37.5. The average molecular weight is 323 g/mol. The number of imide groups is 1. The first-order valence-corrected chi connectivity index (χ1v) is 7.53. The van der Waals surface area contributed by atoms with Crippen LogP contribution in [0.3, 0.4) is 0 Å². The molecule has 122 valence electrons. The highest BCUT2D eigenvalue weighted by atomic mass is 16.2. The Balaban J connectivity index is 2.72. The van der Waals surface area contributed by atoms with Crippen molar-refractivity contribution in [1.29, 1.82) is 0 Å². The molecule has 0 saturated heterocycles. The SMILES string of the molecule is CC(C)(C)[N+](N=C=O)(C(=O)c1ccccc1)C(=O)c1ccccc1. The highest BCUT2D eigenvalue weighted by molar-refractivity contribution is 6.02. The number of rotatable bonds is 3. The van der Waals surface area contributed by atoms with Gasteiger partial charge in [0.2, 0.25) is 0 Å². The van der Waals surface area contributed by atoms with Crippen molar-refractivity contribution in [3.63, 3.8) is 0 Å². The molecular formula is C19H19N2O3+. The Kier molecular flexibility index (Phi) is 4.88. The lowest BCUT2D eigenvalue weighted by atomic mass is 9.99. The van der Waals surface area contributed by atoms with E-state index in [0.29, 0.717) is 11.1 Å². The van der Waals surface area contributed by atoms with Crippen molar-refractivity contribution in [1.82, 2.24) is 0 Å². The van der Waals surface area contributed by atoms with E-state index in [-0.39, 0.29) is 0 Å². The zero-order valence-corrected chi connectivity index (χ0v) is 13.9. The van der Waals surface area contributed by atoms with E-state index >= 15 is 0 Å². The number of carbonyl (C=O) groups excluding carboxylic acids is 3. The highest BCUT2D eigenvalue weighted by Gasteiger charge is 2.56. The predicted octanol–water partition coefficient (Wildman–Crippen LogP) is 3.53. The monoisotopic (exact) mass is 323 g/mol. The van der Waals surface area contributed by atoms with Crippen molar-refractivity contribution in [2.45, 2.75) is 26.3 Å². The number of nitrogens with zero attached hydrogens (tertiary/aromatic N) is 2. The Bertz CT molecular complexity index is 735. The Morgan fingerprint density at radius 2 is 1.21 bits per heavy atom. The third-order valence-electron chi connectivity index (χ3n) is 3.79. The molecule has 0 heterocycles. The molecule has 0 atom stereocenters. The summed E-state index contributed by atoms with van der Waals surface area (Å²) in [7, 11) is 0. The summed E-state index contributed by atoms with van der Waals surface area (Å²) >= 11 is 0. The van der Waals surface area contributed by atoms with Gasteiger partial charge in [-0.15, -0.1) is 0 Å². The molecule has 0 N–H and O–H groups in total. The quantitative estimate of drug-likeness (QED) is 0.285. The number of benzene rings is 2. The minimum atomic E-state index is -1.01. The van der Waals surface area contributed by atoms with E-state index in [1.54, 1.807) is 81.4 Å². The molecule has 5 nitrogen and oxygen atoms in total. The average Bonchev–Trinajstić information content (AvgIpc) is 2.59. The van der Waals surface area contributed by atoms with E-state index in [0.717, 1.165) is 0 Å². The van der Waals surface area contributed by atoms with Gasteiger partial charge in [0.15, 0.2) is 0 Å². The largest absolute Gasteiger partial charge is 0.381 e. The lowest BCUT2D eigenvalue weighted by Crippen LogP contribution is -2.63. The molecule has 24 heavy (non-hydrogen) atoms. The molecule has 2 amide bonds. The van der Waals surface area contributed by atoms with Crippen LogP contribution in [-0.2, 0) is 4.79 Å². The zero-order chi connectivity index (χ0) is 17.8. The van der Waals surface area contributed by atoms with Gasteiger partial charge >= 0.3 is 11.8 Å². The Hall–Kier alpha value is -2.88. The van der Waals surface area contributed by atoms with Crippen molar-refractivity contribution in [3.05, 3.63) is 71.8 Å². The first-order valence-electron chi connectivity index (χ1n) is 7.53. The van der Waals surface area contributed by atoms with E-state index in [9.17, 15) is 14.4 Å². The zero-order valence-electron chi connectivity index (χ0n) is 13.9. The molecule has 0 unspecified atom stereocenters. The first-order chi connectivity index (χ1) is 11.3. The van der Waals surface area contributed by atoms with Gasteiger partial charge in [0, 0.05) is 5.10 Å². The molecule has 0 aliphatic rings. The molecular weight excluding hydrogens is 304 g/mol. The molecule has 0 bridgehead atoms. The van der Waals surface area contributed by atoms with Gasteiger partial charge in [0.1, 0.15) is 5.54 Å². The van der Waals surface area contributed by atoms with Gasteiger partial charge in [-0.25, -0.2) is 14.4 Å². The molecule has 2 rings (SSSR count). The summed E-state index contributed by atoms with van der Waals surface area (Å²) < 4.78 is -1.01.